The van der Waals surface area contributed by atoms with Crippen molar-refractivity contribution in [2.45, 2.75) is 17.8 Å². The molecular formula is C19H18F6O6. The molecule has 0 aliphatic carbocycles. The maximum absolute atomic E-state index is 14.4. The van der Waals surface area contributed by atoms with Crippen molar-refractivity contribution < 1.29 is 55.5 Å². The minimum Gasteiger partial charge on any atom is -0.502 e. The summed E-state index contributed by atoms with van der Waals surface area (Å²) in [5, 5.41) is 19.9. The van der Waals surface area contributed by atoms with E-state index in [0.717, 1.165) is 28.4 Å². The van der Waals surface area contributed by atoms with Gasteiger partial charge in [0.2, 0.25) is 16.9 Å². The van der Waals surface area contributed by atoms with E-state index in [0.29, 0.717) is 24.3 Å². The molecule has 0 aliphatic heterocycles. The lowest BCUT2D eigenvalue weighted by Crippen LogP contribution is -2.54. The molecule has 12 heteroatoms. The van der Waals surface area contributed by atoms with Crippen molar-refractivity contribution in [1.29, 1.82) is 0 Å². The number of rotatable bonds is 6. The first-order valence-electron chi connectivity index (χ1n) is 8.34. The molecule has 0 bridgehead atoms. The Morgan fingerprint density at radius 1 is 0.548 bits per heavy atom. The van der Waals surface area contributed by atoms with Gasteiger partial charge in [0, 0.05) is 0 Å². The fraction of sp³-hybridized carbons (Fsp3) is 0.368. The van der Waals surface area contributed by atoms with Gasteiger partial charge in [-0.15, -0.1) is 0 Å². The number of methoxy groups -OCH3 is 4. The van der Waals surface area contributed by atoms with E-state index in [9.17, 15) is 36.6 Å². The first-order chi connectivity index (χ1) is 14.3. The van der Waals surface area contributed by atoms with E-state index in [4.69, 9.17) is 18.9 Å². The number of phenols is 2. The lowest BCUT2D eigenvalue weighted by Gasteiger charge is -2.38. The molecule has 2 rings (SSSR count). The van der Waals surface area contributed by atoms with Crippen LogP contribution in [-0.2, 0) is 5.41 Å². The summed E-state index contributed by atoms with van der Waals surface area (Å²) in [6.45, 7) is 0. The number of halogens is 6. The molecule has 2 aromatic carbocycles. The standard InChI is InChI=1S/C19H18F6O6/c1-28-11-5-9(6-12(29-2)15(11)26)17(18(20,21)22,19(23,24)25)10-7-13(30-3)16(27)14(8-10)31-4/h5-8,26-27H,1-4H3. The number of ether oxygens (including phenoxy) is 4. The zero-order valence-corrected chi connectivity index (χ0v) is 16.6. The van der Waals surface area contributed by atoms with Gasteiger partial charge in [-0.05, 0) is 35.4 Å². The number of hydrogen-bond donors (Lipinski definition) is 2. The number of hydrogen-bond acceptors (Lipinski definition) is 6. The van der Waals surface area contributed by atoms with E-state index in [-0.39, 0.29) is 0 Å². The van der Waals surface area contributed by atoms with Gasteiger partial charge in [-0.25, -0.2) is 0 Å². The van der Waals surface area contributed by atoms with E-state index in [1.165, 1.54) is 0 Å². The molecule has 31 heavy (non-hydrogen) atoms. The van der Waals surface area contributed by atoms with Crippen molar-refractivity contribution >= 4 is 0 Å². The van der Waals surface area contributed by atoms with Crippen molar-refractivity contribution in [2.24, 2.45) is 0 Å². The van der Waals surface area contributed by atoms with Crippen molar-refractivity contribution in [2.75, 3.05) is 28.4 Å². The monoisotopic (exact) mass is 456 g/mol. The van der Waals surface area contributed by atoms with Crippen LogP contribution >= 0.6 is 0 Å². The molecule has 0 saturated heterocycles. The number of aromatic hydroxyl groups is 2. The van der Waals surface area contributed by atoms with Crippen LogP contribution in [0.3, 0.4) is 0 Å². The predicted octanol–water partition coefficient (Wildman–Crippen LogP) is 4.54. The summed E-state index contributed by atoms with van der Waals surface area (Å²) < 4.78 is 105. The second kappa shape index (κ2) is 8.16. The average Bonchev–Trinajstić information content (AvgIpc) is 2.67. The number of alkyl halides is 6. The highest BCUT2D eigenvalue weighted by molar-refractivity contribution is 5.61. The fourth-order valence-corrected chi connectivity index (χ4v) is 3.20. The van der Waals surface area contributed by atoms with Crippen LogP contribution in [0, 0.1) is 0 Å². The van der Waals surface area contributed by atoms with Gasteiger partial charge in [-0.1, -0.05) is 0 Å². The molecule has 0 aromatic heterocycles. The molecule has 0 unspecified atom stereocenters. The van der Waals surface area contributed by atoms with Crippen LogP contribution in [0.5, 0.6) is 34.5 Å². The minimum absolute atomic E-state index is 0.407. The Bertz CT molecular complexity index is 826. The van der Waals surface area contributed by atoms with Gasteiger partial charge in [0.1, 0.15) is 0 Å². The van der Waals surface area contributed by atoms with Gasteiger partial charge in [0.15, 0.2) is 23.0 Å². The van der Waals surface area contributed by atoms with Crippen LogP contribution in [0.2, 0.25) is 0 Å². The SMILES string of the molecule is COc1cc(C(c2cc(OC)c(O)c(OC)c2)(C(F)(F)F)C(F)(F)F)cc(OC)c1O. The molecule has 0 heterocycles. The van der Waals surface area contributed by atoms with Gasteiger partial charge < -0.3 is 29.2 Å². The van der Waals surface area contributed by atoms with Crippen LogP contribution in [0.25, 0.3) is 0 Å². The quantitative estimate of drug-likeness (QED) is 0.622. The normalized spacial score (nSPS) is 12.5. The average molecular weight is 456 g/mol. The third-order valence-electron chi connectivity index (χ3n) is 4.68. The summed E-state index contributed by atoms with van der Waals surface area (Å²) in [7, 11) is 3.81. The largest absolute Gasteiger partial charge is 0.502 e. The molecule has 0 amide bonds. The third-order valence-corrected chi connectivity index (χ3v) is 4.68. The highest BCUT2D eigenvalue weighted by Crippen LogP contribution is 2.59. The van der Waals surface area contributed by atoms with Crippen molar-refractivity contribution in [3.8, 4) is 34.5 Å². The summed E-state index contributed by atoms with van der Waals surface area (Å²) in [5.41, 5.74) is -7.34. The van der Waals surface area contributed by atoms with Crippen molar-refractivity contribution in [3.05, 3.63) is 35.4 Å². The summed E-state index contributed by atoms with van der Waals surface area (Å²) in [6.07, 6.45) is -11.9. The Labute approximate surface area is 172 Å². The van der Waals surface area contributed by atoms with Crippen LogP contribution in [0.1, 0.15) is 11.1 Å². The van der Waals surface area contributed by atoms with Crippen molar-refractivity contribution in [1.82, 2.24) is 0 Å². The predicted molar refractivity (Wildman–Crippen MR) is 95.3 cm³/mol. The minimum atomic E-state index is -5.95. The second-order valence-electron chi connectivity index (χ2n) is 6.20. The first kappa shape index (κ1) is 24.1. The van der Waals surface area contributed by atoms with Crippen LogP contribution in [0.4, 0.5) is 26.3 Å². The second-order valence-corrected chi connectivity index (χ2v) is 6.20. The summed E-state index contributed by atoms with van der Waals surface area (Å²) in [4.78, 5) is 0. The fourth-order valence-electron chi connectivity index (χ4n) is 3.20. The molecule has 0 radical (unpaired) electrons. The molecule has 2 N–H and O–H groups in total. The van der Waals surface area contributed by atoms with Crippen molar-refractivity contribution in [3.63, 3.8) is 0 Å². The smallest absolute Gasteiger partial charge is 0.411 e. The van der Waals surface area contributed by atoms with Gasteiger partial charge >= 0.3 is 12.4 Å². The van der Waals surface area contributed by atoms with E-state index >= 15 is 0 Å². The van der Waals surface area contributed by atoms with Gasteiger partial charge in [-0.2, -0.15) is 26.3 Å². The number of phenolic OH excluding ortho intramolecular Hbond substituents is 2. The third kappa shape index (κ3) is 3.70. The van der Waals surface area contributed by atoms with Crippen LogP contribution in [0.15, 0.2) is 24.3 Å². The topological polar surface area (TPSA) is 77.4 Å². The van der Waals surface area contributed by atoms with E-state index in [2.05, 4.69) is 0 Å². The van der Waals surface area contributed by atoms with Gasteiger partial charge in [0.25, 0.3) is 0 Å². The lowest BCUT2D eigenvalue weighted by atomic mass is 9.72. The Balaban J connectivity index is 3.12. The molecule has 0 aliphatic rings. The summed E-state index contributed by atoms with van der Waals surface area (Å²) >= 11 is 0. The summed E-state index contributed by atoms with van der Waals surface area (Å²) in [5.74, 6) is -4.27. The molecular weight excluding hydrogens is 438 g/mol. The maximum atomic E-state index is 14.4. The number of benzene rings is 2. The zero-order chi connectivity index (χ0) is 23.8. The van der Waals surface area contributed by atoms with E-state index in [1.54, 1.807) is 0 Å². The van der Waals surface area contributed by atoms with Gasteiger partial charge in [-0.3, -0.25) is 0 Å². The Morgan fingerprint density at radius 2 is 0.774 bits per heavy atom. The highest BCUT2D eigenvalue weighted by Gasteiger charge is 2.73. The Kier molecular flexibility index (Phi) is 6.34. The van der Waals surface area contributed by atoms with E-state index in [1.807, 2.05) is 0 Å². The maximum Gasteiger partial charge on any atom is 0.411 e. The van der Waals surface area contributed by atoms with Crippen LogP contribution in [-0.4, -0.2) is 51.0 Å². The lowest BCUT2D eigenvalue weighted by molar-refractivity contribution is -0.288. The molecule has 0 saturated carbocycles. The Morgan fingerprint density at radius 3 is 0.935 bits per heavy atom. The van der Waals surface area contributed by atoms with Gasteiger partial charge in [0.05, 0.1) is 28.4 Å². The molecule has 0 fully saturated rings. The van der Waals surface area contributed by atoms with E-state index < -0.39 is 63.4 Å². The summed E-state index contributed by atoms with van der Waals surface area (Å²) in [6, 6.07) is 1.63. The van der Waals surface area contributed by atoms with Crippen LogP contribution < -0.4 is 18.9 Å². The Hall–Kier alpha value is -3.18. The zero-order valence-electron chi connectivity index (χ0n) is 16.6. The molecule has 172 valence electrons. The molecule has 0 spiro atoms. The molecule has 2 aromatic rings. The molecule has 6 nitrogen and oxygen atoms in total. The molecule has 0 atom stereocenters. The first-order valence-corrected chi connectivity index (χ1v) is 8.34. The highest BCUT2D eigenvalue weighted by atomic mass is 19.4.